The van der Waals surface area contributed by atoms with Crippen molar-refractivity contribution in [1.29, 1.82) is 0 Å². The zero-order chi connectivity index (χ0) is 18.4. The second-order valence-corrected chi connectivity index (χ2v) is 7.38. The summed E-state index contributed by atoms with van der Waals surface area (Å²) in [6.07, 6.45) is 0.586. The van der Waals surface area contributed by atoms with Gasteiger partial charge >= 0.3 is 0 Å². The fourth-order valence-electron chi connectivity index (χ4n) is 2.37. The highest BCUT2D eigenvalue weighted by Gasteiger charge is 2.18. The highest BCUT2D eigenvalue weighted by Crippen LogP contribution is 2.22. The molecule has 0 radical (unpaired) electrons. The van der Waals surface area contributed by atoms with Gasteiger partial charge in [0.1, 0.15) is 0 Å². The Morgan fingerprint density at radius 3 is 2.54 bits per heavy atom. The molecule has 0 aliphatic carbocycles. The first-order valence-electron chi connectivity index (χ1n) is 8.46. The topological polar surface area (TPSA) is 68.0 Å². The van der Waals surface area contributed by atoms with Crippen LogP contribution in [0.25, 0.3) is 0 Å². The molecule has 134 valence electrons. The summed E-state index contributed by atoms with van der Waals surface area (Å²) in [5.41, 5.74) is 3.38. The first kappa shape index (κ1) is 18.2. The highest BCUT2D eigenvalue weighted by atomic mass is 32.2. The standard InChI is InChI=1S/C20H21N3O2S/c1-14-8-10-17(11-9-14)13-21-19(24)15(2)26-20-23-22-18(25-20)12-16-6-4-3-5-7-16/h3-11,15H,12-13H2,1-2H3,(H,21,24)/t15-/m0/s1. The maximum absolute atomic E-state index is 12.3. The predicted molar refractivity (Wildman–Crippen MR) is 102 cm³/mol. The van der Waals surface area contributed by atoms with Crippen LogP contribution in [0.2, 0.25) is 0 Å². The number of benzene rings is 2. The van der Waals surface area contributed by atoms with Crippen molar-refractivity contribution in [2.24, 2.45) is 0 Å². The Labute approximate surface area is 157 Å². The molecule has 1 atom stereocenters. The van der Waals surface area contributed by atoms with Gasteiger partial charge in [-0.05, 0) is 25.0 Å². The van der Waals surface area contributed by atoms with Crippen molar-refractivity contribution in [2.75, 3.05) is 0 Å². The molecule has 0 aliphatic rings. The molecule has 0 bridgehead atoms. The minimum atomic E-state index is -0.314. The number of hydrogen-bond donors (Lipinski definition) is 1. The van der Waals surface area contributed by atoms with Crippen molar-refractivity contribution < 1.29 is 9.21 Å². The van der Waals surface area contributed by atoms with Gasteiger partial charge in [-0.25, -0.2) is 0 Å². The van der Waals surface area contributed by atoms with Crippen LogP contribution in [0.3, 0.4) is 0 Å². The van der Waals surface area contributed by atoms with Crippen molar-refractivity contribution in [2.45, 2.75) is 37.3 Å². The summed E-state index contributed by atoms with van der Waals surface area (Å²) >= 11 is 1.27. The molecule has 0 spiro atoms. The van der Waals surface area contributed by atoms with Crippen molar-refractivity contribution >= 4 is 17.7 Å². The summed E-state index contributed by atoms with van der Waals surface area (Å²) in [6, 6.07) is 18.0. The molecule has 1 N–H and O–H groups in total. The second-order valence-electron chi connectivity index (χ2n) is 6.09. The number of carbonyl (C=O) groups is 1. The van der Waals surface area contributed by atoms with Crippen LogP contribution in [0.4, 0.5) is 0 Å². The Hall–Kier alpha value is -2.60. The highest BCUT2D eigenvalue weighted by molar-refractivity contribution is 8.00. The van der Waals surface area contributed by atoms with Gasteiger partial charge in [-0.3, -0.25) is 4.79 Å². The van der Waals surface area contributed by atoms with E-state index in [9.17, 15) is 4.79 Å². The van der Waals surface area contributed by atoms with E-state index in [2.05, 4.69) is 15.5 Å². The fraction of sp³-hybridized carbons (Fsp3) is 0.250. The number of amides is 1. The maximum atomic E-state index is 12.3. The Morgan fingerprint density at radius 2 is 1.81 bits per heavy atom. The number of rotatable bonds is 7. The van der Waals surface area contributed by atoms with E-state index in [1.807, 2.05) is 68.4 Å². The lowest BCUT2D eigenvalue weighted by molar-refractivity contribution is -0.120. The first-order valence-corrected chi connectivity index (χ1v) is 9.34. The summed E-state index contributed by atoms with van der Waals surface area (Å²) in [5.74, 6) is 0.490. The molecule has 6 heteroatoms. The van der Waals surface area contributed by atoms with Crippen LogP contribution in [-0.4, -0.2) is 21.4 Å². The summed E-state index contributed by atoms with van der Waals surface area (Å²) in [4.78, 5) is 12.3. The van der Waals surface area contributed by atoms with Crippen LogP contribution in [0, 0.1) is 6.92 Å². The molecule has 1 amide bonds. The quantitative estimate of drug-likeness (QED) is 0.644. The summed E-state index contributed by atoms with van der Waals surface area (Å²) < 4.78 is 5.65. The summed E-state index contributed by atoms with van der Waals surface area (Å²) in [5, 5.41) is 11.1. The zero-order valence-corrected chi connectivity index (χ0v) is 15.6. The van der Waals surface area contributed by atoms with E-state index in [0.29, 0.717) is 24.1 Å². The Morgan fingerprint density at radius 1 is 1.08 bits per heavy atom. The molecule has 2 aromatic carbocycles. The van der Waals surface area contributed by atoms with Gasteiger partial charge in [0, 0.05) is 6.54 Å². The average molecular weight is 367 g/mol. The van der Waals surface area contributed by atoms with Crippen LogP contribution >= 0.6 is 11.8 Å². The van der Waals surface area contributed by atoms with E-state index in [1.54, 1.807) is 0 Å². The minimum absolute atomic E-state index is 0.0571. The van der Waals surface area contributed by atoms with Crippen molar-refractivity contribution in [3.05, 3.63) is 77.2 Å². The largest absolute Gasteiger partial charge is 0.416 e. The predicted octanol–water partition coefficient (Wildman–Crippen LogP) is 3.77. The van der Waals surface area contributed by atoms with Gasteiger partial charge in [0.15, 0.2) is 0 Å². The fourth-order valence-corrected chi connectivity index (χ4v) is 3.10. The monoisotopic (exact) mass is 367 g/mol. The third-order valence-corrected chi connectivity index (χ3v) is 4.81. The summed E-state index contributed by atoms with van der Waals surface area (Å²) in [6.45, 7) is 4.38. The molecule has 5 nitrogen and oxygen atoms in total. The number of aromatic nitrogens is 2. The maximum Gasteiger partial charge on any atom is 0.277 e. The van der Waals surface area contributed by atoms with E-state index >= 15 is 0 Å². The number of hydrogen-bond acceptors (Lipinski definition) is 5. The van der Waals surface area contributed by atoms with Crippen molar-refractivity contribution in [1.82, 2.24) is 15.5 Å². The van der Waals surface area contributed by atoms with Gasteiger partial charge in [-0.1, -0.05) is 71.9 Å². The van der Waals surface area contributed by atoms with Crippen LogP contribution in [0.5, 0.6) is 0 Å². The molecule has 0 aliphatic heterocycles. The van der Waals surface area contributed by atoms with E-state index < -0.39 is 0 Å². The number of aryl methyl sites for hydroxylation is 1. The van der Waals surface area contributed by atoms with E-state index in [-0.39, 0.29) is 11.2 Å². The third kappa shape index (κ3) is 5.20. The lowest BCUT2D eigenvalue weighted by atomic mass is 10.1. The molecule has 0 saturated carbocycles. The Kier molecular flexibility index (Phi) is 6.07. The first-order chi connectivity index (χ1) is 12.6. The second kappa shape index (κ2) is 8.67. The lowest BCUT2D eigenvalue weighted by Gasteiger charge is -2.10. The van der Waals surface area contributed by atoms with Crippen LogP contribution in [0.1, 0.15) is 29.5 Å². The molecule has 3 rings (SSSR count). The van der Waals surface area contributed by atoms with E-state index in [0.717, 1.165) is 11.1 Å². The number of carbonyl (C=O) groups excluding carboxylic acids is 1. The zero-order valence-electron chi connectivity index (χ0n) is 14.8. The number of nitrogens with one attached hydrogen (secondary N) is 1. The lowest BCUT2D eigenvalue weighted by Crippen LogP contribution is -2.30. The molecule has 1 aromatic heterocycles. The van der Waals surface area contributed by atoms with Gasteiger partial charge in [0.25, 0.3) is 5.22 Å². The molecule has 26 heavy (non-hydrogen) atoms. The Balaban J connectivity index is 1.50. The smallest absolute Gasteiger partial charge is 0.277 e. The molecular formula is C20H21N3O2S. The molecule has 0 unspecified atom stereocenters. The third-order valence-electron chi connectivity index (χ3n) is 3.88. The molecule has 3 aromatic rings. The van der Waals surface area contributed by atoms with E-state index in [1.165, 1.54) is 17.3 Å². The number of nitrogens with zero attached hydrogens (tertiary/aromatic N) is 2. The van der Waals surface area contributed by atoms with Gasteiger partial charge in [0.05, 0.1) is 11.7 Å². The van der Waals surface area contributed by atoms with Crippen LogP contribution in [-0.2, 0) is 17.8 Å². The van der Waals surface area contributed by atoms with Crippen molar-refractivity contribution in [3.63, 3.8) is 0 Å². The number of thioether (sulfide) groups is 1. The van der Waals surface area contributed by atoms with Crippen LogP contribution in [0.15, 0.2) is 64.2 Å². The molecule has 1 heterocycles. The van der Waals surface area contributed by atoms with Gasteiger partial charge in [-0.2, -0.15) is 0 Å². The van der Waals surface area contributed by atoms with Crippen LogP contribution < -0.4 is 5.32 Å². The van der Waals surface area contributed by atoms with E-state index in [4.69, 9.17) is 4.42 Å². The molecule has 0 fully saturated rings. The molecule has 0 saturated heterocycles. The SMILES string of the molecule is Cc1ccc(CNC(=O)[C@H](C)Sc2nnc(Cc3ccccc3)o2)cc1. The van der Waals surface area contributed by atoms with Gasteiger partial charge < -0.3 is 9.73 Å². The Bertz CT molecular complexity index is 847. The summed E-state index contributed by atoms with van der Waals surface area (Å²) in [7, 11) is 0. The molecular weight excluding hydrogens is 346 g/mol. The van der Waals surface area contributed by atoms with Gasteiger partial charge in [-0.15, -0.1) is 10.2 Å². The normalized spacial score (nSPS) is 11.9. The van der Waals surface area contributed by atoms with Gasteiger partial charge in [0.2, 0.25) is 11.8 Å². The van der Waals surface area contributed by atoms with Crippen molar-refractivity contribution in [3.8, 4) is 0 Å². The minimum Gasteiger partial charge on any atom is -0.416 e. The average Bonchev–Trinajstić information content (AvgIpc) is 3.08.